The molecule has 4 aromatic rings. The number of hydrogen-bond acceptors (Lipinski definition) is 0. The van der Waals surface area contributed by atoms with Gasteiger partial charge >= 0.3 is 204 Å². The normalized spacial score (nSPS) is 17.1. The Morgan fingerprint density at radius 3 is 1.74 bits per heavy atom. The summed E-state index contributed by atoms with van der Waals surface area (Å²) in [6.07, 6.45) is 7.40. The third-order valence-corrected chi connectivity index (χ3v) is 16.3. The van der Waals surface area contributed by atoms with Crippen LogP contribution in [0.25, 0.3) is 12.2 Å². The maximum Gasteiger partial charge on any atom is -1.00 e. The number of halogens is 2. The van der Waals surface area contributed by atoms with Crippen molar-refractivity contribution < 1.29 is 32.3 Å². The van der Waals surface area contributed by atoms with Crippen molar-refractivity contribution in [2.75, 3.05) is 0 Å². The van der Waals surface area contributed by atoms with E-state index >= 15 is 0 Å². The van der Waals surface area contributed by atoms with Gasteiger partial charge in [0.15, 0.2) is 0 Å². The Morgan fingerprint density at radius 2 is 1.09 bits per heavy atom. The summed E-state index contributed by atoms with van der Waals surface area (Å²) in [7, 11) is -0.540. The first-order valence-electron chi connectivity index (χ1n) is 11.1. The van der Waals surface area contributed by atoms with Crippen LogP contribution in [0.1, 0.15) is 29.6 Å². The van der Waals surface area contributed by atoms with E-state index in [9.17, 15) is 0 Å². The van der Waals surface area contributed by atoms with Crippen LogP contribution in [0.15, 0.2) is 121 Å². The summed E-state index contributed by atoms with van der Waals surface area (Å²) in [5, 5.41) is 4.59. The molecule has 0 bridgehead atoms. The maximum absolute atomic E-state index is 2.54. The molecule has 2 aliphatic carbocycles. The fourth-order valence-corrected chi connectivity index (χ4v) is 15.5. The summed E-state index contributed by atoms with van der Waals surface area (Å²) in [5.41, 5.74) is 6.00. The molecule has 0 aromatic heterocycles. The van der Waals surface area contributed by atoms with Gasteiger partial charge in [0.05, 0.1) is 0 Å². The third-order valence-electron chi connectivity index (χ3n) is 6.34. The van der Waals surface area contributed by atoms with Crippen molar-refractivity contribution in [2.45, 2.75) is 7.35 Å². The zero-order chi connectivity index (χ0) is 21.3. The second-order valence-electron chi connectivity index (χ2n) is 8.27. The van der Waals surface area contributed by atoms with Crippen LogP contribution in [-0.2, 0) is 22.9 Å². The van der Waals surface area contributed by atoms with E-state index in [-0.39, 0.29) is 9.41 Å². The van der Waals surface area contributed by atoms with Crippen molar-refractivity contribution in [2.24, 2.45) is 0 Å². The summed E-state index contributed by atoms with van der Waals surface area (Å²) in [4.78, 5) is 0. The van der Waals surface area contributed by atoms with Gasteiger partial charge in [0.2, 0.25) is 0 Å². The largest absolute Gasteiger partial charge is 1.00 e. The zero-order valence-electron chi connectivity index (χ0n) is 18.5. The molecule has 0 amide bonds. The molecule has 2 aliphatic rings. The second-order valence-corrected chi connectivity index (χ2v) is 16.0. The Hall–Kier alpha value is -2.48. The average molecular weight is 631 g/mol. The summed E-state index contributed by atoms with van der Waals surface area (Å²) in [6, 6.07) is 40.5. The van der Waals surface area contributed by atoms with Crippen LogP contribution in [0.2, 0.25) is 0 Å². The Kier molecular flexibility index (Phi) is 7.86. The van der Waals surface area contributed by atoms with Crippen LogP contribution in [0.4, 0.5) is 0 Å². The number of allylic oxidation sites excluding steroid dienone is 2. The van der Waals surface area contributed by atoms with E-state index in [1.807, 2.05) is 0 Å². The molecule has 0 spiro atoms. The summed E-state index contributed by atoms with van der Waals surface area (Å²) < 4.78 is 1.28. The van der Waals surface area contributed by atoms with Gasteiger partial charge in [-0.05, 0) is 0 Å². The SMILES string of the molecule is C1=C[CH]([Hf+2][CH]2C(P(c3ccccc3)c3ccccc3)=Cc3ccccc32)c2ccccc21.[F-].[F-]. The standard InChI is InChI=1S/C21H16P.C9H7.2FH.Hf/c1-3-11-19(12-4-1)22(20-13-5-2-6-14-20)21-15-17-9-7-8-10-18(17)16-21;1-2-5-9-7-3-6-8(9)4-1;;;/h1-16H;1-7H;2*1H;/q;;;;+2/p-2. The molecule has 0 heterocycles. The molecular formula is C30H23F2HfP. The van der Waals surface area contributed by atoms with E-state index in [1.165, 1.54) is 21.7 Å². The Morgan fingerprint density at radius 1 is 0.559 bits per heavy atom. The van der Waals surface area contributed by atoms with E-state index in [0.717, 1.165) is 0 Å². The van der Waals surface area contributed by atoms with E-state index in [0.29, 0.717) is 7.35 Å². The Labute approximate surface area is 212 Å². The molecule has 6 rings (SSSR count). The molecule has 34 heavy (non-hydrogen) atoms. The molecule has 2 atom stereocenters. The van der Waals surface area contributed by atoms with Crippen molar-refractivity contribution in [3.63, 3.8) is 0 Å². The van der Waals surface area contributed by atoms with Gasteiger partial charge in [0.25, 0.3) is 0 Å². The fraction of sp³-hybridized carbons (Fsp3) is 0.0667. The number of rotatable bonds is 5. The van der Waals surface area contributed by atoms with E-state index in [1.54, 1.807) is 16.4 Å². The van der Waals surface area contributed by atoms with Crippen molar-refractivity contribution in [1.82, 2.24) is 0 Å². The molecule has 0 radical (unpaired) electrons. The first kappa shape index (κ1) is 24.6. The minimum atomic E-state index is -1.14. The zero-order valence-corrected chi connectivity index (χ0v) is 23.0. The molecular weight excluding hydrogens is 608 g/mol. The smallest absolute Gasteiger partial charge is 1.00 e. The van der Waals surface area contributed by atoms with Gasteiger partial charge in [-0.25, -0.2) is 0 Å². The third kappa shape index (κ3) is 4.57. The van der Waals surface area contributed by atoms with Crippen LogP contribution < -0.4 is 20.0 Å². The van der Waals surface area contributed by atoms with E-state index < -0.39 is 30.8 Å². The van der Waals surface area contributed by atoms with Crippen LogP contribution in [0.5, 0.6) is 0 Å². The predicted molar refractivity (Wildman–Crippen MR) is 134 cm³/mol. The monoisotopic (exact) mass is 632 g/mol. The summed E-state index contributed by atoms with van der Waals surface area (Å²) >= 11 is -1.14. The minimum absolute atomic E-state index is 0. The Bertz CT molecular complexity index is 1280. The maximum atomic E-state index is 2.54. The first-order valence-corrected chi connectivity index (χ1v) is 16.6. The molecule has 4 heteroatoms. The van der Waals surface area contributed by atoms with Crippen LogP contribution >= 0.6 is 7.92 Å². The van der Waals surface area contributed by atoms with Gasteiger partial charge in [-0.1, -0.05) is 0 Å². The summed E-state index contributed by atoms with van der Waals surface area (Å²) in [6.45, 7) is 0. The van der Waals surface area contributed by atoms with Gasteiger partial charge in [-0.15, -0.1) is 0 Å². The fourth-order valence-electron chi connectivity index (χ4n) is 4.85. The topological polar surface area (TPSA) is 0 Å². The van der Waals surface area contributed by atoms with Crippen molar-refractivity contribution in [3.8, 4) is 0 Å². The quantitative estimate of drug-likeness (QED) is 0.229. The van der Waals surface area contributed by atoms with Crippen molar-refractivity contribution >= 4 is 30.7 Å². The van der Waals surface area contributed by atoms with Crippen LogP contribution in [-0.4, -0.2) is 0 Å². The first-order chi connectivity index (χ1) is 15.9. The predicted octanol–water partition coefficient (Wildman–Crippen LogP) is 1.07. The minimum Gasteiger partial charge on any atom is -1.00 e. The van der Waals surface area contributed by atoms with E-state index in [4.69, 9.17) is 0 Å². The van der Waals surface area contributed by atoms with Crippen molar-refractivity contribution in [1.29, 1.82) is 0 Å². The number of benzene rings is 4. The molecule has 0 nitrogen and oxygen atoms in total. The number of fused-ring (bicyclic) bond motifs is 2. The average Bonchev–Trinajstić information content (AvgIpc) is 3.43. The van der Waals surface area contributed by atoms with E-state index in [2.05, 4.69) is 127 Å². The molecule has 0 aliphatic heterocycles. The van der Waals surface area contributed by atoms with Gasteiger partial charge in [0.1, 0.15) is 0 Å². The Balaban J connectivity index is 0.00000137. The molecule has 166 valence electrons. The van der Waals surface area contributed by atoms with Gasteiger partial charge in [0, 0.05) is 0 Å². The molecule has 0 saturated heterocycles. The van der Waals surface area contributed by atoms with Gasteiger partial charge in [-0.3, -0.25) is 0 Å². The van der Waals surface area contributed by atoms with Crippen LogP contribution in [0, 0.1) is 0 Å². The second kappa shape index (κ2) is 10.8. The molecule has 4 aromatic carbocycles. The number of hydrogen-bond donors (Lipinski definition) is 0. The molecule has 0 saturated carbocycles. The van der Waals surface area contributed by atoms with Gasteiger partial charge < -0.3 is 9.41 Å². The van der Waals surface area contributed by atoms with Crippen molar-refractivity contribution in [3.05, 3.63) is 143 Å². The molecule has 0 fully saturated rings. The molecule has 2 unspecified atom stereocenters. The van der Waals surface area contributed by atoms with Crippen LogP contribution in [0.3, 0.4) is 0 Å². The molecule has 0 N–H and O–H groups in total. The van der Waals surface area contributed by atoms with Gasteiger partial charge in [-0.2, -0.15) is 0 Å². The summed E-state index contributed by atoms with van der Waals surface area (Å²) in [5.74, 6) is 0.